The summed E-state index contributed by atoms with van der Waals surface area (Å²) in [7, 11) is 0. The maximum absolute atomic E-state index is 5.36. The van der Waals surface area contributed by atoms with Gasteiger partial charge in [-0.1, -0.05) is 21.9 Å². The highest BCUT2D eigenvalue weighted by Crippen LogP contribution is 1.98. The molecule has 0 radical (unpaired) electrons. The van der Waals surface area contributed by atoms with Crippen molar-refractivity contribution in [2.24, 2.45) is 0 Å². The highest BCUT2D eigenvalue weighted by Gasteiger charge is 1.91. The van der Waals surface area contributed by atoms with E-state index in [1.807, 2.05) is 0 Å². The molecule has 3 heteroatoms. The predicted molar refractivity (Wildman–Crippen MR) is 40.1 cm³/mol. The average Bonchev–Trinajstić information content (AvgIpc) is 1.68. The van der Waals surface area contributed by atoms with Crippen LogP contribution in [0.5, 0.6) is 0 Å². The van der Waals surface area contributed by atoms with E-state index in [1.54, 1.807) is 0 Å². The molecule has 1 atom stereocenters. The molecular weight excluding hydrogens is 243 g/mol. The molecule has 7 heavy (non-hydrogen) atoms. The van der Waals surface area contributed by atoms with Crippen LogP contribution in [0.4, 0.5) is 0 Å². The van der Waals surface area contributed by atoms with Gasteiger partial charge in [-0.2, -0.15) is 0 Å². The smallest absolute Gasteiger partial charge is 0.0898 e. The van der Waals surface area contributed by atoms with Gasteiger partial charge in [-0.15, -0.1) is 11.6 Å². The molecule has 40 valence electrons. The van der Waals surface area contributed by atoms with Gasteiger partial charge in [-0.25, -0.2) is 0 Å². The molecule has 0 saturated carbocycles. The summed E-state index contributed by atoms with van der Waals surface area (Å²) in [6.45, 7) is 0. The SMILES string of the molecule is ClCC(Br)C#CBr. The number of hydrogen-bond donors (Lipinski definition) is 0. The lowest BCUT2D eigenvalue weighted by atomic mass is 10.5. The zero-order valence-electron chi connectivity index (χ0n) is 3.42. The van der Waals surface area contributed by atoms with Gasteiger partial charge >= 0.3 is 0 Å². The first-order chi connectivity index (χ1) is 3.31. The maximum atomic E-state index is 5.36. The van der Waals surface area contributed by atoms with Crippen molar-refractivity contribution < 1.29 is 0 Å². The van der Waals surface area contributed by atoms with Gasteiger partial charge < -0.3 is 0 Å². The van der Waals surface area contributed by atoms with Gasteiger partial charge in [0.15, 0.2) is 0 Å². The zero-order chi connectivity index (χ0) is 5.70. The first-order valence-corrected chi connectivity index (χ1v) is 3.86. The summed E-state index contributed by atoms with van der Waals surface area (Å²) in [5, 5.41) is 0. The minimum Gasteiger partial charge on any atom is -0.124 e. The molecule has 0 aromatic heterocycles. The molecule has 0 N–H and O–H groups in total. The van der Waals surface area contributed by atoms with Crippen LogP contribution in [0.2, 0.25) is 0 Å². The summed E-state index contributed by atoms with van der Waals surface area (Å²) in [5.41, 5.74) is 0. The lowest BCUT2D eigenvalue weighted by Gasteiger charge is -1.87. The van der Waals surface area contributed by atoms with E-state index in [2.05, 4.69) is 42.6 Å². The molecule has 0 aliphatic rings. The van der Waals surface area contributed by atoms with Crippen molar-refractivity contribution in [1.29, 1.82) is 0 Å². The highest BCUT2D eigenvalue weighted by atomic mass is 79.9. The third-order valence-corrected chi connectivity index (χ3v) is 1.81. The van der Waals surface area contributed by atoms with Crippen molar-refractivity contribution in [2.75, 3.05) is 5.88 Å². The molecule has 0 nitrogen and oxygen atoms in total. The lowest BCUT2D eigenvalue weighted by molar-refractivity contribution is 1.34. The molecule has 0 aromatic rings. The van der Waals surface area contributed by atoms with E-state index in [9.17, 15) is 0 Å². The number of halogens is 3. The average molecular weight is 246 g/mol. The molecule has 0 fully saturated rings. The van der Waals surface area contributed by atoms with Crippen LogP contribution in [-0.4, -0.2) is 10.7 Å². The highest BCUT2D eigenvalue weighted by molar-refractivity contribution is 9.12. The summed E-state index contributed by atoms with van der Waals surface area (Å²) in [6, 6.07) is 0. The molecule has 1 unspecified atom stereocenters. The zero-order valence-corrected chi connectivity index (χ0v) is 7.35. The van der Waals surface area contributed by atoms with Crippen LogP contribution in [0, 0.1) is 10.8 Å². The van der Waals surface area contributed by atoms with Crippen molar-refractivity contribution >= 4 is 43.5 Å². The van der Waals surface area contributed by atoms with Crippen LogP contribution >= 0.6 is 43.5 Å². The molecule has 0 aromatic carbocycles. The van der Waals surface area contributed by atoms with Crippen molar-refractivity contribution in [3.8, 4) is 10.8 Å². The van der Waals surface area contributed by atoms with Gasteiger partial charge in [0.2, 0.25) is 0 Å². The summed E-state index contributed by atoms with van der Waals surface area (Å²) >= 11 is 11.5. The largest absolute Gasteiger partial charge is 0.124 e. The van der Waals surface area contributed by atoms with Gasteiger partial charge in [-0.3, -0.25) is 0 Å². The Labute approximate surface area is 64.9 Å². The third-order valence-electron chi connectivity index (χ3n) is 0.347. The van der Waals surface area contributed by atoms with Gasteiger partial charge in [0.05, 0.1) is 4.83 Å². The summed E-state index contributed by atoms with van der Waals surface area (Å²) < 4.78 is 0. The summed E-state index contributed by atoms with van der Waals surface area (Å²) in [4.78, 5) is 2.67. The number of hydrogen-bond acceptors (Lipinski definition) is 0. The Morgan fingerprint density at radius 3 is 2.43 bits per heavy atom. The molecule has 0 spiro atoms. The van der Waals surface area contributed by atoms with Crippen LogP contribution in [-0.2, 0) is 0 Å². The summed E-state index contributed by atoms with van der Waals surface area (Å²) in [6.07, 6.45) is 0. The van der Waals surface area contributed by atoms with E-state index >= 15 is 0 Å². The van der Waals surface area contributed by atoms with Crippen molar-refractivity contribution in [1.82, 2.24) is 0 Å². The quantitative estimate of drug-likeness (QED) is 0.492. The van der Waals surface area contributed by atoms with Crippen LogP contribution in [0.25, 0.3) is 0 Å². The van der Waals surface area contributed by atoms with Crippen LogP contribution in [0.3, 0.4) is 0 Å². The fourth-order valence-corrected chi connectivity index (χ4v) is 0.873. The number of alkyl halides is 2. The Kier molecular flexibility index (Phi) is 5.53. The lowest BCUT2D eigenvalue weighted by Crippen LogP contribution is -1.91. The van der Waals surface area contributed by atoms with Crippen LogP contribution < -0.4 is 0 Å². The van der Waals surface area contributed by atoms with E-state index in [-0.39, 0.29) is 4.83 Å². The predicted octanol–water partition coefficient (Wildman–Crippen LogP) is 2.34. The standard InChI is InChI=1S/C4H3Br2Cl/c5-2-1-4(6)3-7/h4H,3H2. The van der Waals surface area contributed by atoms with Gasteiger partial charge in [0.1, 0.15) is 0 Å². The van der Waals surface area contributed by atoms with Crippen molar-refractivity contribution in [2.45, 2.75) is 4.83 Å². The minimum absolute atomic E-state index is 0.119. The van der Waals surface area contributed by atoms with Gasteiger partial charge in [0.25, 0.3) is 0 Å². The van der Waals surface area contributed by atoms with Crippen LogP contribution in [0.15, 0.2) is 0 Å². The Morgan fingerprint density at radius 2 is 2.29 bits per heavy atom. The second kappa shape index (κ2) is 4.96. The molecule has 0 bridgehead atoms. The van der Waals surface area contributed by atoms with Gasteiger partial charge in [0, 0.05) is 21.8 Å². The fraction of sp³-hybridized carbons (Fsp3) is 0.500. The summed E-state index contributed by atoms with van der Waals surface area (Å²) in [5.74, 6) is 3.27. The molecule has 0 aliphatic carbocycles. The maximum Gasteiger partial charge on any atom is 0.0898 e. The first-order valence-electron chi connectivity index (χ1n) is 1.62. The topological polar surface area (TPSA) is 0 Å². The van der Waals surface area contributed by atoms with E-state index in [0.29, 0.717) is 5.88 Å². The van der Waals surface area contributed by atoms with Crippen molar-refractivity contribution in [3.63, 3.8) is 0 Å². The molecule has 0 heterocycles. The Balaban J connectivity index is 3.29. The molecule has 0 amide bonds. The Morgan fingerprint density at radius 1 is 1.71 bits per heavy atom. The second-order valence-electron chi connectivity index (χ2n) is 0.861. The number of rotatable bonds is 1. The molecule has 0 saturated heterocycles. The fourth-order valence-electron chi connectivity index (χ4n) is 0.0978. The monoisotopic (exact) mass is 244 g/mol. The molecule has 0 aliphatic heterocycles. The molecule has 0 rings (SSSR count). The van der Waals surface area contributed by atoms with Crippen LogP contribution in [0.1, 0.15) is 0 Å². The molecular formula is C4H3Br2Cl. The Bertz CT molecular complexity index is 91.6. The Hall–Kier alpha value is 0.810. The normalized spacial score (nSPS) is 11.9. The second-order valence-corrected chi connectivity index (χ2v) is 2.67. The minimum atomic E-state index is 0.119. The van der Waals surface area contributed by atoms with E-state index < -0.39 is 0 Å². The van der Waals surface area contributed by atoms with E-state index in [4.69, 9.17) is 11.6 Å². The van der Waals surface area contributed by atoms with E-state index in [0.717, 1.165) is 0 Å². The third kappa shape index (κ3) is 4.67. The first kappa shape index (κ1) is 7.81. The van der Waals surface area contributed by atoms with Crippen molar-refractivity contribution in [3.05, 3.63) is 0 Å². The van der Waals surface area contributed by atoms with Gasteiger partial charge in [-0.05, 0) is 4.83 Å². The van der Waals surface area contributed by atoms with E-state index in [1.165, 1.54) is 0 Å².